The molecule has 0 amide bonds. The maximum Gasteiger partial charge on any atom is 0.176 e. The first-order chi connectivity index (χ1) is 11.9. The Morgan fingerprint density at radius 1 is 0.880 bits per heavy atom. The summed E-state index contributed by atoms with van der Waals surface area (Å²) in [6, 6.07) is 12.7. The molecule has 2 rings (SSSR count). The summed E-state index contributed by atoms with van der Waals surface area (Å²) in [5, 5.41) is 1.01. The topological polar surface area (TPSA) is 51.2 Å². The maximum atomic E-state index is 13.0. The van der Waals surface area contributed by atoms with Gasteiger partial charge in [-0.15, -0.1) is 0 Å². The van der Waals surface area contributed by atoms with Crippen LogP contribution in [-0.4, -0.2) is 17.9 Å². The van der Waals surface area contributed by atoms with E-state index in [1.165, 1.54) is 12.2 Å². The number of aldehydes is 1. The van der Waals surface area contributed by atoms with Gasteiger partial charge in [-0.1, -0.05) is 29.3 Å². The highest BCUT2D eigenvalue weighted by Crippen LogP contribution is 2.32. The molecule has 3 nitrogen and oxygen atoms in total. The summed E-state index contributed by atoms with van der Waals surface area (Å²) in [5.74, 6) is -0.667. The van der Waals surface area contributed by atoms with Gasteiger partial charge in [-0.2, -0.15) is 0 Å². The molecule has 0 radical (unpaired) electrons. The predicted octanol–water partition coefficient (Wildman–Crippen LogP) is 5.21. The molecule has 0 saturated carbocycles. The van der Waals surface area contributed by atoms with Gasteiger partial charge in [-0.05, 0) is 68.0 Å². The number of hydrogen-bond acceptors (Lipinski definition) is 3. The summed E-state index contributed by atoms with van der Waals surface area (Å²) < 4.78 is 0. The fourth-order valence-electron chi connectivity index (χ4n) is 2.49. The second kappa shape index (κ2) is 8.24. The van der Waals surface area contributed by atoms with E-state index in [1.54, 1.807) is 55.5 Å². The highest BCUT2D eigenvalue weighted by Gasteiger charge is 2.40. The van der Waals surface area contributed by atoms with Crippen LogP contribution in [0.4, 0.5) is 0 Å². The monoisotopic (exact) mass is 374 g/mol. The van der Waals surface area contributed by atoms with Crippen molar-refractivity contribution in [3.8, 4) is 0 Å². The molecule has 0 aliphatic carbocycles. The van der Waals surface area contributed by atoms with E-state index in [0.29, 0.717) is 27.5 Å². The van der Waals surface area contributed by atoms with Gasteiger partial charge in [0.25, 0.3) is 0 Å². The number of halogens is 2. The number of benzene rings is 2. The van der Waals surface area contributed by atoms with E-state index in [2.05, 4.69) is 0 Å². The summed E-state index contributed by atoms with van der Waals surface area (Å²) >= 11 is 11.7. The average molecular weight is 375 g/mol. The molecular formula is C20H16Cl2O3. The minimum absolute atomic E-state index is 0.106. The van der Waals surface area contributed by atoms with Crippen molar-refractivity contribution in [3.63, 3.8) is 0 Å². The Kier molecular flexibility index (Phi) is 6.29. The minimum Gasteiger partial charge on any atom is -0.299 e. The van der Waals surface area contributed by atoms with Crippen LogP contribution in [0.25, 0.3) is 0 Å². The molecule has 0 N–H and O–H groups in total. The fraction of sp³-hybridized carbons (Fsp3) is 0.150. The van der Waals surface area contributed by atoms with Gasteiger partial charge in [-0.25, -0.2) is 0 Å². The predicted molar refractivity (Wildman–Crippen MR) is 99.5 cm³/mol. The summed E-state index contributed by atoms with van der Waals surface area (Å²) in [6.07, 6.45) is 3.52. The largest absolute Gasteiger partial charge is 0.299 e. The number of hydrogen-bond donors (Lipinski definition) is 0. The number of carbonyl (C=O) groups is 3. The second-order valence-corrected chi connectivity index (χ2v) is 6.65. The SMILES string of the molecule is CC(C/C=C/C=O)(C(=O)c1ccc(Cl)cc1)C(=O)c1ccc(Cl)cc1. The van der Waals surface area contributed by atoms with Crippen molar-refractivity contribution in [2.75, 3.05) is 0 Å². The van der Waals surface area contributed by atoms with E-state index >= 15 is 0 Å². The standard InChI is InChI=1S/C20H16Cl2O3/c1-20(12-2-3-13-23,18(24)14-4-8-16(21)9-5-14)19(25)15-6-10-17(22)11-7-15/h2-11,13H,12H2,1H3/b3-2+. The van der Waals surface area contributed by atoms with Gasteiger partial charge in [0.05, 0.1) is 5.41 Å². The molecule has 2 aromatic carbocycles. The molecule has 0 aromatic heterocycles. The molecule has 2 aromatic rings. The summed E-state index contributed by atoms with van der Waals surface area (Å²) in [4.78, 5) is 36.6. The molecule has 0 heterocycles. The number of ketones is 2. The van der Waals surface area contributed by atoms with Gasteiger partial charge in [0.2, 0.25) is 0 Å². The van der Waals surface area contributed by atoms with Gasteiger partial charge in [0.1, 0.15) is 6.29 Å². The first-order valence-corrected chi connectivity index (χ1v) is 8.35. The fourth-order valence-corrected chi connectivity index (χ4v) is 2.74. The molecule has 128 valence electrons. The Hall–Kier alpha value is -2.23. The van der Waals surface area contributed by atoms with E-state index in [0.717, 1.165) is 0 Å². The lowest BCUT2D eigenvalue weighted by atomic mass is 9.73. The summed E-state index contributed by atoms with van der Waals surface area (Å²) in [6.45, 7) is 1.58. The highest BCUT2D eigenvalue weighted by atomic mass is 35.5. The number of Topliss-reactive ketones (excluding diaryl/α,β-unsaturated/α-hetero) is 2. The Labute approximate surface area is 156 Å². The molecule has 0 atom stereocenters. The zero-order chi connectivity index (χ0) is 18.4. The van der Waals surface area contributed by atoms with Crippen LogP contribution in [0.3, 0.4) is 0 Å². The van der Waals surface area contributed by atoms with Gasteiger partial charge >= 0.3 is 0 Å². The lowest BCUT2D eigenvalue weighted by Gasteiger charge is -2.25. The van der Waals surface area contributed by atoms with Crippen LogP contribution in [-0.2, 0) is 4.79 Å². The third-order valence-corrected chi connectivity index (χ3v) is 4.46. The third kappa shape index (κ3) is 4.44. The molecule has 0 aliphatic rings. The Bertz CT molecular complexity index is 748. The maximum absolute atomic E-state index is 13.0. The Balaban J connectivity index is 2.45. The van der Waals surface area contributed by atoms with Gasteiger partial charge < -0.3 is 0 Å². The van der Waals surface area contributed by atoms with E-state index in [-0.39, 0.29) is 18.0 Å². The van der Waals surface area contributed by atoms with E-state index < -0.39 is 5.41 Å². The second-order valence-electron chi connectivity index (χ2n) is 5.77. The van der Waals surface area contributed by atoms with Crippen molar-refractivity contribution < 1.29 is 14.4 Å². The molecule has 0 unspecified atom stereocenters. The third-order valence-electron chi connectivity index (χ3n) is 3.96. The molecule has 5 heteroatoms. The van der Waals surface area contributed by atoms with Crippen molar-refractivity contribution in [3.05, 3.63) is 81.9 Å². The molecule has 0 aliphatic heterocycles. The smallest absolute Gasteiger partial charge is 0.176 e. The van der Waals surface area contributed by atoms with Crippen LogP contribution >= 0.6 is 23.2 Å². The quantitative estimate of drug-likeness (QED) is 0.289. The number of carbonyl (C=O) groups excluding carboxylic acids is 3. The van der Waals surface area contributed by atoms with Crippen LogP contribution in [0.5, 0.6) is 0 Å². The molecular weight excluding hydrogens is 359 g/mol. The van der Waals surface area contributed by atoms with Gasteiger partial charge in [0, 0.05) is 21.2 Å². The minimum atomic E-state index is -1.35. The lowest BCUT2D eigenvalue weighted by molar-refractivity contribution is -0.104. The molecule has 0 saturated heterocycles. The van der Waals surface area contributed by atoms with E-state index in [4.69, 9.17) is 23.2 Å². The molecule has 0 fully saturated rings. The Morgan fingerprint density at radius 2 is 1.28 bits per heavy atom. The molecule has 0 spiro atoms. The number of allylic oxidation sites excluding steroid dienone is 2. The highest BCUT2D eigenvalue weighted by molar-refractivity contribution is 6.31. The van der Waals surface area contributed by atoms with Crippen molar-refractivity contribution in [2.24, 2.45) is 5.41 Å². The molecule has 0 bridgehead atoms. The zero-order valence-electron chi connectivity index (χ0n) is 13.5. The summed E-state index contributed by atoms with van der Waals surface area (Å²) in [5.41, 5.74) is -0.580. The van der Waals surface area contributed by atoms with Gasteiger partial charge in [0.15, 0.2) is 11.6 Å². The first kappa shape index (κ1) is 19.1. The van der Waals surface area contributed by atoms with Crippen molar-refractivity contribution in [1.82, 2.24) is 0 Å². The summed E-state index contributed by atoms with van der Waals surface area (Å²) in [7, 11) is 0. The van der Waals surface area contributed by atoms with E-state index in [9.17, 15) is 14.4 Å². The van der Waals surface area contributed by atoms with Crippen LogP contribution in [0.1, 0.15) is 34.1 Å². The van der Waals surface area contributed by atoms with Crippen molar-refractivity contribution in [2.45, 2.75) is 13.3 Å². The van der Waals surface area contributed by atoms with Crippen LogP contribution in [0.2, 0.25) is 10.0 Å². The van der Waals surface area contributed by atoms with Crippen LogP contribution in [0.15, 0.2) is 60.7 Å². The number of rotatable bonds is 7. The normalized spacial score (nSPS) is 11.5. The molecule has 25 heavy (non-hydrogen) atoms. The van der Waals surface area contributed by atoms with Crippen molar-refractivity contribution in [1.29, 1.82) is 0 Å². The zero-order valence-corrected chi connectivity index (χ0v) is 15.1. The van der Waals surface area contributed by atoms with Crippen molar-refractivity contribution >= 4 is 41.1 Å². The van der Waals surface area contributed by atoms with E-state index in [1.807, 2.05) is 0 Å². The Morgan fingerprint density at radius 3 is 1.64 bits per heavy atom. The van der Waals surface area contributed by atoms with Crippen LogP contribution < -0.4 is 0 Å². The lowest BCUT2D eigenvalue weighted by Crippen LogP contribution is -2.36. The van der Waals surface area contributed by atoms with Gasteiger partial charge in [-0.3, -0.25) is 14.4 Å². The van der Waals surface area contributed by atoms with Crippen LogP contribution in [0, 0.1) is 5.41 Å². The first-order valence-electron chi connectivity index (χ1n) is 7.59. The average Bonchev–Trinajstić information content (AvgIpc) is 2.62.